The number of fused-ring (bicyclic) bond motifs is 1. The third kappa shape index (κ3) is 2.20. The second-order valence-electron chi connectivity index (χ2n) is 3.23. The molecule has 0 heterocycles. The Bertz CT molecular complexity index is 475. The first-order chi connectivity index (χ1) is 7.70. The van der Waals surface area contributed by atoms with Crippen LogP contribution in [0.15, 0.2) is 24.3 Å². The van der Waals surface area contributed by atoms with Crippen molar-refractivity contribution < 1.29 is 9.59 Å². The zero-order valence-electron chi connectivity index (χ0n) is 9.70. The van der Waals surface area contributed by atoms with Gasteiger partial charge in [-0.05, 0) is 18.4 Å². The SMILES string of the molecule is CC.CC(=O)C1C#CC(=O)c2ccccc21. The van der Waals surface area contributed by atoms with Crippen molar-refractivity contribution in [1.82, 2.24) is 0 Å². The number of carbonyl (C=O) groups is 2. The Morgan fingerprint density at radius 3 is 2.50 bits per heavy atom. The van der Waals surface area contributed by atoms with Gasteiger partial charge in [-0.2, -0.15) is 0 Å². The Labute approximate surface area is 95.7 Å². The van der Waals surface area contributed by atoms with Crippen LogP contribution in [0, 0.1) is 11.8 Å². The average Bonchev–Trinajstić information content (AvgIpc) is 2.32. The van der Waals surface area contributed by atoms with Gasteiger partial charge < -0.3 is 0 Å². The second kappa shape index (κ2) is 5.27. The summed E-state index contributed by atoms with van der Waals surface area (Å²) >= 11 is 0. The summed E-state index contributed by atoms with van der Waals surface area (Å²) in [6.45, 7) is 5.49. The van der Waals surface area contributed by atoms with Gasteiger partial charge in [-0.25, -0.2) is 0 Å². The topological polar surface area (TPSA) is 34.1 Å². The standard InChI is InChI=1S/C12H8O2.C2H6/c1-8(13)9-6-7-12(14)11-5-3-2-4-10(9)11;1-2/h2-5,9H,1H3;1-2H3. The minimum Gasteiger partial charge on any atom is -0.298 e. The fourth-order valence-electron chi connectivity index (χ4n) is 1.56. The van der Waals surface area contributed by atoms with Gasteiger partial charge in [0.1, 0.15) is 11.7 Å². The van der Waals surface area contributed by atoms with E-state index in [1.54, 1.807) is 18.2 Å². The van der Waals surface area contributed by atoms with E-state index >= 15 is 0 Å². The summed E-state index contributed by atoms with van der Waals surface area (Å²) in [6, 6.07) is 7.09. The number of carbonyl (C=O) groups excluding carboxylic acids is 2. The Kier molecular flexibility index (Phi) is 4.02. The van der Waals surface area contributed by atoms with E-state index in [1.807, 2.05) is 19.9 Å². The first-order valence-corrected chi connectivity index (χ1v) is 5.35. The molecular weight excluding hydrogens is 200 g/mol. The Hall–Kier alpha value is -1.88. The van der Waals surface area contributed by atoms with Gasteiger partial charge in [-0.1, -0.05) is 44.0 Å². The maximum atomic E-state index is 11.4. The molecule has 0 N–H and O–H groups in total. The van der Waals surface area contributed by atoms with E-state index in [9.17, 15) is 9.59 Å². The third-order valence-corrected chi connectivity index (χ3v) is 2.25. The monoisotopic (exact) mass is 214 g/mol. The number of ketones is 2. The summed E-state index contributed by atoms with van der Waals surface area (Å²) in [4.78, 5) is 22.6. The van der Waals surface area contributed by atoms with E-state index in [2.05, 4.69) is 11.8 Å². The lowest BCUT2D eigenvalue weighted by atomic mass is 9.87. The van der Waals surface area contributed by atoms with Crippen LogP contribution in [-0.4, -0.2) is 11.6 Å². The molecule has 0 spiro atoms. The lowest BCUT2D eigenvalue weighted by Crippen LogP contribution is -2.15. The molecular formula is C14H14O2. The highest BCUT2D eigenvalue weighted by Gasteiger charge is 2.23. The highest BCUT2D eigenvalue weighted by Crippen LogP contribution is 2.23. The van der Waals surface area contributed by atoms with Gasteiger partial charge in [0, 0.05) is 5.56 Å². The van der Waals surface area contributed by atoms with Crippen LogP contribution in [0.1, 0.15) is 42.6 Å². The number of benzene rings is 1. The van der Waals surface area contributed by atoms with Crippen molar-refractivity contribution >= 4 is 11.6 Å². The van der Waals surface area contributed by atoms with Crippen LogP contribution >= 0.6 is 0 Å². The molecule has 0 fully saturated rings. The molecule has 0 aliphatic heterocycles. The van der Waals surface area contributed by atoms with Crippen LogP contribution in [0.3, 0.4) is 0 Å². The molecule has 2 rings (SSSR count). The van der Waals surface area contributed by atoms with E-state index in [1.165, 1.54) is 6.92 Å². The van der Waals surface area contributed by atoms with Gasteiger partial charge >= 0.3 is 0 Å². The Morgan fingerprint density at radius 2 is 1.88 bits per heavy atom. The van der Waals surface area contributed by atoms with Crippen molar-refractivity contribution in [2.45, 2.75) is 26.7 Å². The smallest absolute Gasteiger partial charge is 0.236 e. The maximum absolute atomic E-state index is 11.4. The molecule has 0 bridgehead atoms. The molecule has 82 valence electrons. The lowest BCUT2D eigenvalue weighted by molar-refractivity contribution is -0.117. The summed E-state index contributed by atoms with van der Waals surface area (Å²) in [5.74, 6) is 4.50. The largest absolute Gasteiger partial charge is 0.298 e. The Balaban J connectivity index is 0.000000606. The van der Waals surface area contributed by atoms with Crippen molar-refractivity contribution in [3.05, 3.63) is 35.4 Å². The zero-order chi connectivity index (χ0) is 12.1. The van der Waals surface area contributed by atoms with Crippen LogP contribution in [0.4, 0.5) is 0 Å². The van der Waals surface area contributed by atoms with Gasteiger partial charge in [-0.3, -0.25) is 9.59 Å². The number of hydrogen-bond acceptors (Lipinski definition) is 2. The summed E-state index contributed by atoms with van der Waals surface area (Å²) in [6.07, 6.45) is 0. The highest BCUT2D eigenvalue weighted by atomic mass is 16.1. The summed E-state index contributed by atoms with van der Waals surface area (Å²) in [7, 11) is 0. The minimum absolute atomic E-state index is 0.0162. The van der Waals surface area contributed by atoms with Crippen LogP contribution in [-0.2, 0) is 4.79 Å². The van der Waals surface area contributed by atoms with Gasteiger partial charge in [0.25, 0.3) is 0 Å². The molecule has 1 unspecified atom stereocenters. The van der Waals surface area contributed by atoms with Gasteiger partial charge in [0.15, 0.2) is 0 Å². The summed E-state index contributed by atoms with van der Waals surface area (Å²) < 4.78 is 0. The van der Waals surface area contributed by atoms with Crippen LogP contribution in [0.2, 0.25) is 0 Å². The van der Waals surface area contributed by atoms with E-state index in [-0.39, 0.29) is 11.6 Å². The van der Waals surface area contributed by atoms with Crippen LogP contribution in [0.5, 0.6) is 0 Å². The van der Waals surface area contributed by atoms with Gasteiger partial charge in [-0.15, -0.1) is 0 Å². The molecule has 0 amide bonds. The molecule has 1 atom stereocenters. The molecule has 0 aromatic heterocycles. The number of hydrogen-bond donors (Lipinski definition) is 0. The lowest BCUT2D eigenvalue weighted by Gasteiger charge is -2.13. The predicted molar refractivity (Wildman–Crippen MR) is 63.3 cm³/mol. The van der Waals surface area contributed by atoms with Crippen molar-refractivity contribution in [3.63, 3.8) is 0 Å². The predicted octanol–water partition coefficient (Wildman–Crippen LogP) is 2.59. The fraction of sp³-hybridized carbons (Fsp3) is 0.286. The molecule has 0 saturated heterocycles. The molecule has 0 radical (unpaired) electrons. The summed E-state index contributed by atoms with van der Waals surface area (Å²) in [5, 5.41) is 0. The molecule has 0 saturated carbocycles. The zero-order valence-corrected chi connectivity index (χ0v) is 9.70. The van der Waals surface area contributed by atoms with Crippen molar-refractivity contribution in [2.24, 2.45) is 0 Å². The Morgan fingerprint density at radius 1 is 1.25 bits per heavy atom. The normalized spacial score (nSPS) is 16.2. The maximum Gasteiger partial charge on any atom is 0.236 e. The van der Waals surface area contributed by atoms with E-state index < -0.39 is 5.92 Å². The van der Waals surface area contributed by atoms with E-state index in [0.29, 0.717) is 5.56 Å². The molecule has 1 aromatic carbocycles. The molecule has 1 aliphatic carbocycles. The molecule has 1 aliphatic rings. The number of rotatable bonds is 1. The van der Waals surface area contributed by atoms with Crippen LogP contribution < -0.4 is 0 Å². The van der Waals surface area contributed by atoms with Crippen LogP contribution in [0.25, 0.3) is 0 Å². The first kappa shape index (κ1) is 12.2. The van der Waals surface area contributed by atoms with E-state index in [4.69, 9.17) is 0 Å². The minimum atomic E-state index is -0.427. The molecule has 16 heavy (non-hydrogen) atoms. The highest BCUT2D eigenvalue weighted by molar-refractivity contribution is 6.13. The molecule has 2 heteroatoms. The average molecular weight is 214 g/mol. The van der Waals surface area contributed by atoms with Crippen molar-refractivity contribution in [1.29, 1.82) is 0 Å². The molecule has 2 nitrogen and oxygen atoms in total. The first-order valence-electron chi connectivity index (χ1n) is 5.35. The van der Waals surface area contributed by atoms with Gasteiger partial charge in [0.2, 0.25) is 5.78 Å². The van der Waals surface area contributed by atoms with E-state index in [0.717, 1.165) is 5.56 Å². The fourth-order valence-corrected chi connectivity index (χ4v) is 1.56. The van der Waals surface area contributed by atoms with Crippen molar-refractivity contribution in [3.8, 4) is 11.8 Å². The second-order valence-corrected chi connectivity index (χ2v) is 3.23. The third-order valence-electron chi connectivity index (χ3n) is 2.25. The van der Waals surface area contributed by atoms with Gasteiger partial charge in [0.05, 0.1) is 0 Å². The molecule has 1 aromatic rings. The number of Topliss-reactive ketones (excluding diaryl/α,β-unsaturated/α-hetero) is 2. The summed E-state index contributed by atoms with van der Waals surface area (Å²) in [5.41, 5.74) is 1.30. The van der Waals surface area contributed by atoms with Crippen molar-refractivity contribution in [2.75, 3.05) is 0 Å². The quantitative estimate of drug-likeness (QED) is 0.532.